The molecule has 2 atom stereocenters. The van der Waals surface area contributed by atoms with Gasteiger partial charge in [-0.05, 0) is 50.2 Å². The summed E-state index contributed by atoms with van der Waals surface area (Å²) in [6.07, 6.45) is -1.95. The van der Waals surface area contributed by atoms with E-state index in [2.05, 4.69) is 5.32 Å². The van der Waals surface area contributed by atoms with Gasteiger partial charge in [-0.1, -0.05) is 0 Å². The van der Waals surface area contributed by atoms with Crippen molar-refractivity contribution in [2.45, 2.75) is 26.1 Å². The predicted octanol–water partition coefficient (Wildman–Crippen LogP) is 2.67. The highest BCUT2D eigenvalue weighted by Gasteiger charge is 2.24. The van der Waals surface area contributed by atoms with Gasteiger partial charge >= 0.3 is 5.97 Å². The van der Waals surface area contributed by atoms with E-state index < -0.39 is 24.1 Å². The van der Waals surface area contributed by atoms with Gasteiger partial charge in [0, 0.05) is 11.8 Å². The van der Waals surface area contributed by atoms with E-state index in [1.807, 2.05) is 6.07 Å². The number of hydrogen-bond donors (Lipinski definition) is 1. The van der Waals surface area contributed by atoms with E-state index in [0.717, 1.165) is 0 Å². The summed E-state index contributed by atoms with van der Waals surface area (Å²) in [5.41, 5.74) is 0.987. The van der Waals surface area contributed by atoms with E-state index in [-0.39, 0.29) is 0 Å². The normalized spacial score (nSPS) is 14.1. The van der Waals surface area contributed by atoms with E-state index in [9.17, 15) is 9.59 Å². The molecule has 1 amide bonds. The first-order chi connectivity index (χ1) is 14.0. The minimum atomic E-state index is -1.03. The third-order valence-electron chi connectivity index (χ3n) is 4.10. The molecule has 0 saturated carbocycles. The number of hydrogen-bond acceptors (Lipinski definition) is 7. The van der Waals surface area contributed by atoms with E-state index in [1.165, 1.54) is 13.8 Å². The predicted molar refractivity (Wildman–Crippen MR) is 103 cm³/mol. The van der Waals surface area contributed by atoms with Crippen molar-refractivity contribution in [3.63, 3.8) is 0 Å². The smallest absolute Gasteiger partial charge is 0.347 e. The Labute approximate surface area is 167 Å². The molecule has 0 fully saturated rings. The first-order valence-corrected chi connectivity index (χ1v) is 9.04. The van der Waals surface area contributed by atoms with E-state index in [0.29, 0.717) is 41.7 Å². The Morgan fingerprint density at radius 3 is 2.41 bits per heavy atom. The van der Waals surface area contributed by atoms with Crippen LogP contribution in [0.4, 0.5) is 5.69 Å². The summed E-state index contributed by atoms with van der Waals surface area (Å²) in [4.78, 5) is 24.5. The number of ether oxygens (including phenoxy) is 4. The fraction of sp³-hybridized carbons (Fsp3) is 0.286. The summed E-state index contributed by atoms with van der Waals surface area (Å²) in [5.74, 6) is 0.409. The maximum absolute atomic E-state index is 12.3. The Balaban J connectivity index is 1.52. The van der Waals surface area contributed by atoms with Crippen LogP contribution >= 0.6 is 0 Å². The van der Waals surface area contributed by atoms with Crippen LogP contribution in [0.3, 0.4) is 0 Å². The lowest BCUT2D eigenvalue weighted by Gasteiger charge is -2.20. The van der Waals surface area contributed by atoms with Crippen LogP contribution in [0.25, 0.3) is 0 Å². The molecule has 0 aliphatic carbocycles. The quantitative estimate of drug-likeness (QED) is 0.748. The molecule has 3 rings (SSSR count). The van der Waals surface area contributed by atoms with Crippen molar-refractivity contribution in [2.75, 3.05) is 18.5 Å². The average Bonchev–Trinajstić information content (AvgIpc) is 2.74. The molecule has 1 heterocycles. The molecule has 2 aromatic carbocycles. The number of anilines is 1. The lowest BCUT2D eigenvalue weighted by atomic mass is 10.2. The van der Waals surface area contributed by atoms with Crippen molar-refractivity contribution in [1.82, 2.24) is 0 Å². The summed E-state index contributed by atoms with van der Waals surface area (Å²) in [5, 5.41) is 11.5. The van der Waals surface area contributed by atoms with Gasteiger partial charge in [0.1, 0.15) is 19.0 Å². The maximum atomic E-state index is 12.3. The van der Waals surface area contributed by atoms with Crippen LogP contribution in [0.1, 0.15) is 19.4 Å². The van der Waals surface area contributed by atoms with E-state index in [1.54, 1.807) is 42.5 Å². The lowest BCUT2D eigenvalue weighted by Crippen LogP contribution is -2.35. The van der Waals surface area contributed by atoms with Gasteiger partial charge in [0.25, 0.3) is 5.91 Å². The zero-order valence-electron chi connectivity index (χ0n) is 16.0. The van der Waals surface area contributed by atoms with Crippen molar-refractivity contribution < 1.29 is 28.5 Å². The summed E-state index contributed by atoms with van der Waals surface area (Å²) in [6, 6.07) is 13.4. The topological polar surface area (TPSA) is 107 Å². The molecule has 0 saturated heterocycles. The number of fused-ring (bicyclic) bond motifs is 1. The molecule has 8 heteroatoms. The second-order valence-electron chi connectivity index (χ2n) is 6.32. The molecule has 8 nitrogen and oxygen atoms in total. The van der Waals surface area contributed by atoms with Crippen LogP contribution < -0.4 is 19.5 Å². The number of carbonyl (C=O) groups excluding carboxylic acids is 2. The molecule has 0 spiro atoms. The first-order valence-electron chi connectivity index (χ1n) is 9.04. The van der Waals surface area contributed by atoms with E-state index >= 15 is 0 Å². The second-order valence-corrected chi connectivity index (χ2v) is 6.32. The number of rotatable bonds is 6. The summed E-state index contributed by atoms with van der Waals surface area (Å²) < 4.78 is 21.6. The highest BCUT2D eigenvalue weighted by atomic mass is 16.6. The average molecular weight is 396 g/mol. The molecule has 1 aliphatic heterocycles. The third-order valence-corrected chi connectivity index (χ3v) is 4.10. The number of nitrogens with one attached hydrogen (secondary N) is 1. The molecule has 0 radical (unpaired) electrons. The zero-order valence-corrected chi connectivity index (χ0v) is 16.0. The van der Waals surface area contributed by atoms with Crippen LogP contribution in [-0.2, 0) is 14.3 Å². The fourth-order valence-electron chi connectivity index (χ4n) is 2.55. The van der Waals surface area contributed by atoms with Crippen molar-refractivity contribution in [3.8, 4) is 23.3 Å². The number of nitrogens with zero attached hydrogens (tertiary/aromatic N) is 1. The molecule has 0 bridgehead atoms. The van der Waals surface area contributed by atoms with Crippen molar-refractivity contribution in [2.24, 2.45) is 0 Å². The minimum Gasteiger partial charge on any atom is -0.486 e. The minimum absolute atomic E-state index is 0.418. The number of amides is 1. The first kappa shape index (κ1) is 20.0. The van der Waals surface area contributed by atoms with Crippen LogP contribution in [0.15, 0.2) is 42.5 Å². The van der Waals surface area contributed by atoms with E-state index in [4.69, 9.17) is 24.2 Å². The van der Waals surface area contributed by atoms with Crippen molar-refractivity contribution in [3.05, 3.63) is 48.0 Å². The van der Waals surface area contributed by atoms with Gasteiger partial charge in [-0.2, -0.15) is 5.26 Å². The summed E-state index contributed by atoms with van der Waals surface area (Å²) in [7, 11) is 0. The largest absolute Gasteiger partial charge is 0.486 e. The van der Waals surface area contributed by atoms with Crippen LogP contribution in [0.5, 0.6) is 17.2 Å². The molecule has 2 aromatic rings. The molecule has 1 aliphatic rings. The Kier molecular flexibility index (Phi) is 6.19. The van der Waals surface area contributed by atoms with Gasteiger partial charge in [0.2, 0.25) is 0 Å². The third kappa shape index (κ3) is 5.17. The zero-order chi connectivity index (χ0) is 20.8. The van der Waals surface area contributed by atoms with Gasteiger partial charge in [0.05, 0.1) is 11.6 Å². The van der Waals surface area contributed by atoms with Gasteiger partial charge in [-0.3, -0.25) is 4.79 Å². The SMILES string of the molecule is C[C@H](OC(=O)[C@H](C)Oc1ccc(C#N)cc1)C(=O)Nc1ccc2c(c1)OCCO2. The van der Waals surface area contributed by atoms with Crippen molar-refractivity contribution in [1.29, 1.82) is 5.26 Å². The molecule has 150 valence electrons. The monoisotopic (exact) mass is 396 g/mol. The molecular formula is C21H20N2O6. The van der Waals surface area contributed by atoms with Crippen LogP contribution in [0, 0.1) is 11.3 Å². The summed E-state index contributed by atoms with van der Waals surface area (Å²) >= 11 is 0. The summed E-state index contributed by atoms with van der Waals surface area (Å²) in [6.45, 7) is 3.91. The second kappa shape index (κ2) is 8.97. The molecule has 0 unspecified atom stereocenters. The molecule has 0 aromatic heterocycles. The van der Waals surface area contributed by atoms with Gasteiger partial charge in [-0.15, -0.1) is 0 Å². The van der Waals surface area contributed by atoms with Gasteiger partial charge in [0.15, 0.2) is 23.7 Å². The standard InChI is InChI=1S/C21H20N2O6/c1-13(20(24)23-16-5-8-18-19(11-16)27-10-9-26-18)29-21(25)14(2)28-17-6-3-15(12-22)4-7-17/h3-8,11,13-14H,9-10H2,1-2H3,(H,23,24)/t13-,14-/m0/s1. The highest BCUT2D eigenvalue weighted by molar-refractivity contribution is 5.95. The Hall–Kier alpha value is -3.73. The van der Waals surface area contributed by atoms with Crippen LogP contribution in [-0.4, -0.2) is 37.3 Å². The Morgan fingerprint density at radius 1 is 1.03 bits per heavy atom. The lowest BCUT2D eigenvalue weighted by molar-refractivity contribution is -0.159. The number of esters is 1. The molecular weight excluding hydrogens is 376 g/mol. The molecule has 29 heavy (non-hydrogen) atoms. The number of nitriles is 1. The molecule has 1 N–H and O–H groups in total. The van der Waals surface area contributed by atoms with Gasteiger partial charge < -0.3 is 24.3 Å². The number of benzene rings is 2. The number of carbonyl (C=O) groups is 2. The Bertz CT molecular complexity index is 935. The Morgan fingerprint density at radius 2 is 1.72 bits per heavy atom. The van der Waals surface area contributed by atoms with Gasteiger partial charge in [-0.25, -0.2) is 4.79 Å². The van der Waals surface area contributed by atoms with Crippen LogP contribution in [0.2, 0.25) is 0 Å². The maximum Gasteiger partial charge on any atom is 0.347 e. The fourth-order valence-corrected chi connectivity index (χ4v) is 2.55. The van der Waals surface area contributed by atoms with Crippen molar-refractivity contribution >= 4 is 17.6 Å². The highest BCUT2D eigenvalue weighted by Crippen LogP contribution is 2.32.